The molecule has 0 aliphatic rings. The number of carbonyl (C=O) groups is 1. The van der Waals surface area contributed by atoms with Gasteiger partial charge in [0.1, 0.15) is 5.75 Å². The molecular weight excluding hydrogens is 460 g/mol. The van der Waals surface area contributed by atoms with Gasteiger partial charge in [-0.25, -0.2) is 0 Å². The third-order valence-electron chi connectivity index (χ3n) is 5.15. The van der Waals surface area contributed by atoms with E-state index in [1.165, 1.54) is 0 Å². The van der Waals surface area contributed by atoms with E-state index in [1.54, 1.807) is 16.4 Å². The molecule has 35 heavy (non-hydrogen) atoms. The molecule has 2 N–H and O–H groups in total. The second-order valence-corrected chi connectivity index (χ2v) is 8.96. The van der Waals surface area contributed by atoms with Gasteiger partial charge in [-0.05, 0) is 60.6 Å². The van der Waals surface area contributed by atoms with E-state index in [2.05, 4.69) is 26.2 Å². The maximum Gasteiger partial charge on any atom is 0.262 e. The van der Waals surface area contributed by atoms with Crippen molar-refractivity contribution in [2.24, 2.45) is 0 Å². The molecule has 0 bridgehead atoms. The van der Waals surface area contributed by atoms with Gasteiger partial charge in [0, 0.05) is 23.5 Å². The molecule has 1 heterocycles. The van der Waals surface area contributed by atoms with Crippen LogP contribution in [0.1, 0.15) is 17.5 Å². The Bertz CT molecular complexity index is 1210. The van der Waals surface area contributed by atoms with Crippen LogP contribution in [0.25, 0.3) is 5.69 Å². The molecule has 0 radical (unpaired) electrons. The Labute approximate surface area is 209 Å². The minimum absolute atomic E-state index is 0.0440. The number of aromatic nitrogens is 4. The predicted octanol–water partition coefficient (Wildman–Crippen LogP) is 4.26. The number of para-hydroxylation sites is 2. The molecule has 9 heteroatoms. The lowest BCUT2D eigenvalue weighted by Gasteiger charge is -2.12. The molecule has 0 saturated carbocycles. The Morgan fingerprint density at radius 2 is 1.77 bits per heavy atom. The van der Waals surface area contributed by atoms with Gasteiger partial charge in [0.05, 0.1) is 5.69 Å². The molecule has 1 aromatic heterocycles. The molecule has 0 saturated heterocycles. The van der Waals surface area contributed by atoms with Gasteiger partial charge in [-0.1, -0.05) is 65.9 Å². The molecule has 0 atom stereocenters. The summed E-state index contributed by atoms with van der Waals surface area (Å²) in [5, 5.41) is 19.1. The maximum atomic E-state index is 12.3. The third-order valence-corrected chi connectivity index (χ3v) is 6.16. The number of carbonyl (C=O) groups excluding carboxylic acids is 1. The molecular formula is C26H28N6O2S. The molecule has 8 nitrogen and oxygen atoms in total. The van der Waals surface area contributed by atoms with Crippen molar-refractivity contribution in [3.8, 4) is 11.4 Å². The van der Waals surface area contributed by atoms with Crippen LogP contribution in [-0.2, 0) is 11.3 Å². The van der Waals surface area contributed by atoms with Crippen molar-refractivity contribution in [2.75, 3.05) is 24.2 Å². The number of aryl methyl sites for hydroxylation is 1. The summed E-state index contributed by atoms with van der Waals surface area (Å²) in [4.78, 5) is 12.3. The molecule has 0 unspecified atom stereocenters. The molecule has 4 rings (SSSR count). The Balaban J connectivity index is 1.18. The van der Waals surface area contributed by atoms with E-state index >= 15 is 0 Å². The summed E-state index contributed by atoms with van der Waals surface area (Å²) in [5.41, 5.74) is 3.86. The third kappa shape index (κ3) is 7.40. The first-order chi connectivity index (χ1) is 17.2. The van der Waals surface area contributed by atoms with Crippen molar-refractivity contribution in [1.29, 1.82) is 0 Å². The summed E-state index contributed by atoms with van der Waals surface area (Å²) in [6, 6.07) is 25.3. The molecule has 1 amide bonds. The lowest BCUT2D eigenvalue weighted by molar-refractivity contribution is -0.118. The van der Waals surface area contributed by atoms with Gasteiger partial charge in [-0.3, -0.25) is 4.79 Å². The average molecular weight is 489 g/mol. The number of anilines is 1. The SMILES string of the molecule is Cc1ccc(NC(=O)COc2ccccc2CNCCCSc2nnnn2-c2ccccc2)cc1. The van der Waals surface area contributed by atoms with Crippen molar-refractivity contribution in [1.82, 2.24) is 25.5 Å². The van der Waals surface area contributed by atoms with E-state index < -0.39 is 0 Å². The van der Waals surface area contributed by atoms with Gasteiger partial charge in [-0.2, -0.15) is 4.68 Å². The Morgan fingerprint density at radius 3 is 2.60 bits per heavy atom. The summed E-state index contributed by atoms with van der Waals surface area (Å²) in [7, 11) is 0. The molecule has 180 valence electrons. The van der Waals surface area contributed by atoms with Crippen molar-refractivity contribution in [2.45, 2.75) is 25.0 Å². The first kappa shape index (κ1) is 24.4. The highest BCUT2D eigenvalue weighted by Gasteiger charge is 2.09. The number of ether oxygens (including phenoxy) is 1. The van der Waals surface area contributed by atoms with Gasteiger partial charge < -0.3 is 15.4 Å². The van der Waals surface area contributed by atoms with Gasteiger partial charge >= 0.3 is 0 Å². The second-order valence-electron chi connectivity index (χ2n) is 7.90. The van der Waals surface area contributed by atoms with Crippen LogP contribution in [0.15, 0.2) is 84.0 Å². The van der Waals surface area contributed by atoms with Crippen LogP contribution >= 0.6 is 11.8 Å². The summed E-state index contributed by atoms with van der Waals surface area (Å²) in [6.07, 6.45) is 0.953. The van der Waals surface area contributed by atoms with Crippen molar-refractivity contribution in [3.63, 3.8) is 0 Å². The number of thioether (sulfide) groups is 1. The average Bonchev–Trinajstić information content (AvgIpc) is 3.36. The fourth-order valence-corrected chi connectivity index (χ4v) is 4.18. The molecule has 0 aliphatic carbocycles. The van der Waals surface area contributed by atoms with Gasteiger partial charge in [-0.15, -0.1) is 5.10 Å². The first-order valence-electron chi connectivity index (χ1n) is 11.4. The minimum Gasteiger partial charge on any atom is -0.483 e. The number of nitrogens with zero attached hydrogens (tertiary/aromatic N) is 4. The van der Waals surface area contributed by atoms with E-state index in [4.69, 9.17) is 4.74 Å². The number of benzene rings is 3. The van der Waals surface area contributed by atoms with Crippen LogP contribution < -0.4 is 15.4 Å². The minimum atomic E-state index is -0.188. The normalized spacial score (nSPS) is 10.8. The number of tetrazole rings is 1. The standard InChI is InChI=1S/C26H28N6O2S/c1-20-12-14-22(15-13-20)28-25(33)19-34-24-11-6-5-8-21(24)18-27-16-7-17-35-26-29-30-31-32(26)23-9-3-2-4-10-23/h2-6,8-15,27H,7,16-19H2,1H3,(H,28,33). The van der Waals surface area contributed by atoms with Crippen LogP contribution in [0.5, 0.6) is 5.75 Å². The largest absolute Gasteiger partial charge is 0.483 e. The number of rotatable bonds is 12. The molecule has 0 fully saturated rings. The summed E-state index contributed by atoms with van der Waals surface area (Å²) < 4.78 is 7.55. The van der Waals surface area contributed by atoms with Crippen LogP contribution in [-0.4, -0.2) is 45.0 Å². The molecule has 0 aliphatic heterocycles. The van der Waals surface area contributed by atoms with Crippen LogP contribution in [0.4, 0.5) is 5.69 Å². The van der Waals surface area contributed by atoms with Gasteiger partial charge in [0.25, 0.3) is 5.91 Å². The molecule has 4 aromatic rings. The molecule has 0 spiro atoms. The van der Waals surface area contributed by atoms with Crippen LogP contribution in [0.2, 0.25) is 0 Å². The van der Waals surface area contributed by atoms with Crippen molar-refractivity contribution in [3.05, 3.63) is 90.0 Å². The molecule has 3 aromatic carbocycles. The van der Waals surface area contributed by atoms with Crippen LogP contribution in [0, 0.1) is 6.92 Å². The smallest absolute Gasteiger partial charge is 0.262 e. The maximum absolute atomic E-state index is 12.3. The second kappa shape index (κ2) is 12.7. The van der Waals surface area contributed by atoms with E-state index in [-0.39, 0.29) is 12.5 Å². The first-order valence-corrected chi connectivity index (χ1v) is 12.4. The van der Waals surface area contributed by atoms with E-state index in [0.29, 0.717) is 12.3 Å². The summed E-state index contributed by atoms with van der Waals surface area (Å²) in [6.45, 7) is 3.46. The van der Waals surface area contributed by atoms with E-state index in [9.17, 15) is 4.79 Å². The highest BCUT2D eigenvalue weighted by Crippen LogP contribution is 2.20. The monoisotopic (exact) mass is 488 g/mol. The number of hydrogen-bond acceptors (Lipinski definition) is 7. The zero-order chi connectivity index (χ0) is 24.3. The Kier molecular flexibility index (Phi) is 8.85. The van der Waals surface area contributed by atoms with Crippen LogP contribution in [0.3, 0.4) is 0 Å². The van der Waals surface area contributed by atoms with Crippen molar-refractivity contribution < 1.29 is 9.53 Å². The highest BCUT2D eigenvalue weighted by molar-refractivity contribution is 7.99. The lowest BCUT2D eigenvalue weighted by atomic mass is 10.2. The topological polar surface area (TPSA) is 94.0 Å². The zero-order valence-corrected chi connectivity index (χ0v) is 20.4. The van der Waals surface area contributed by atoms with Gasteiger partial charge in [0.15, 0.2) is 6.61 Å². The predicted molar refractivity (Wildman–Crippen MR) is 138 cm³/mol. The fraction of sp³-hybridized carbons (Fsp3) is 0.231. The zero-order valence-electron chi connectivity index (χ0n) is 19.6. The van der Waals surface area contributed by atoms with E-state index in [1.807, 2.05) is 85.8 Å². The van der Waals surface area contributed by atoms with Gasteiger partial charge in [0.2, 0.25) is 5.16 Å². The number of amides is 1. The fourth-order valence-electron chi connectivity index (χ4n) is 3.35. The quantitative estimate of drug-likeness (QED) is 0.227. The summed E-state index contributed by atoms with van der Waals surface area (Å²) in [5.74, 6) is 1.40. The lowest BCUT2D eigenvalue weighted by Crippen LogP contribution is -2.21. The number of nitrogens with one attached hydrogen (secondary N) is 2. The number of hydrogen-bond donors (Lipinski definition) is 2. The Morgan fingerprint density at radius 1 is 1.00 bits per heavy atom. The highest BCUT2D eigenvalue weighted by atomic mass is 32.2. The summed E-state index contributed by atoms with van der Waals surface area (Å²) >= 11 is 1.63. The van der Waals surface area contributed by atoms with E-state index in [0.717, 1.165) is 46.4 Å². The van der Waals surface area contributed by atoms with Crippen molar-refractivity contribution >= 4 is 23.4 Å². The Hall–Kier alpha value is -3.69.